The van der Waals surface area contributed by atoms with E-state index in [-0.39, 0.29) is 35.4 Å². The molecular formula is C14H18ClN5O4S. The standard InChI is InChI=1S/C14H18ClN5O4S/c1-8-10(11(15)19(2)17-8)25(22,23)20-6-5-14(21,7-20)13-16-12(18-24-13)9-3-4-9/h9,21H,3-7H2,1-2H3/t14-/m1/s1. The molecule has 0 amide bonds. The highest BCUT2D eigenvalue weighted by molar-refractivity contribution is 7.89. The van der Waals surface area contributed by atoms with Gasteiger partial charge in [0.25, 0.3) is 5.89 Å². The second-order valence-corrected chi connectivity index (χ2v) is 8.91. The summed E-state index contributed by atoms with van der Waals surface area (Å²) in [6, 6.07) is 0. The van der Waals surface area contributed by atoms with Gasteiger partial charge in [0.1, 0.15) is 10.0 Å². The summed E-state index contributed by atoms with van der Waals surface area (Å²) >= 11 is 6.10. The minimum Gasteiger partial charge on any atom is -0.379 e. The van der Waals surface area contributed by atoms with Crippen molar-refractivity contribution in [1.29, 1.82) is 0 Å². The lowest BCUT2D eigenvalue weighted by atomic mass is 10.0. The van der Waals surface area contributed by atoms with E-state index >= 15 is 0 Å². The number of β-amino-alcohol motifs (C(OH)–C–C–N with tert-alkyl or cyclic N) is 1. The molecule has 4 rings (SSSR count). The molecule has 0 unspecified atom stereocenters. The van der Waals surface area contributed by atoms with Gasteiger partial charge in [-0.25, -0.2) is 8.42 Å². The molecule has 0 aromatic carbocycles. The van der Waals surface area contributed by atoms with Crippen molar-refractivity contribution < 1.29 is 18.0 Å². The minimum absolute atomic E-state index is 0.0369. The Morgan fingerprint density at radius 3 is 2.72 bits per heavy atom. The molecule has 1 aliphatic carbocycles. The third-order valence-electron chi connectivity index (χ3n) is 4.69. The van der Waals surface area contributed by atoms with Crippen LogP contribution in [-0.2, 0) is 22.7 Å². The maximum Gasteiger partial charge on any atom is 0.260 e. The molecule has 2 fully saturated rings. The SMILES string of the molecule is Cc1nn(C)c(Cl)c1S(=O)(=O)N1CC[C@](O)(c2nc(C3CC3)no2)C1. The van der Waals surface area contributed by atoms with E-state index in [0.29, 0.717) is 17.4 Å². The molecule has 1 atom stereocenters. The van der Waals surface area contributed by atoms with Gasteiger partial charge in [-0.3, -0.25) is 4.68 Å². The van der Waals surface area contributed by atoms with E-state index in [0.717, 1.165) is 12.8 Å². The lowest BCUT2D eigenvalue weighted by Gasteiger charge is -2.19. The van der Waals surface area contributed by atoms with Crippen LogP contribution < -0.4 is 0 Å². The Hall–Kier alpha value is -1.49. The van der Waals surface area contributed by atoms with Crippen LogP contribution in [0, 0.1) is 6.92 Å². The fraction of sp³-hybridized carbons (Fsp3) is 0.643. The summed E-state index contributed by atoms with van der Waals surface area (Å²) in [5, 5.41) is 18.8. The molecular weight excluding hydrogens is 370 g/mol. The quantitative estimate of drug-likeness (QED) is 0.829. The van der Waals surface area contributed by atoms with Crippen LogP contribution in [0.3, 0.4) is 0 Å². The maximum atomic E-state index is 12.9. The second-order valence-electron chi connectivity index (χ2n) is 6.68. The molecule has 1 aliphatic heterocycles. The van der Waals surface area contributed by atoms with E-state index in [2.05, 4.69) is 15.2 Å². The Morgan fingerprint density at radius 1 is 1.40 bits per heavy atom. The van der Waals surface area contributed by atoms with Crippen molar-refractivity contribution in [3.63, 3.8) is 0 Å². The van der Waals surface area contributed by atoms with E-state index in [9.17, 15) is 13.5 Å². The molecule has 11 heteroatoms. The highest BCUT2D eigenvalue weighted by atomic mass is 35.5. The van der Waals surface area contributed by atoms with Crippen LogP contribution in [0.1, 0.15) is 42.6 Å². The molecule has 2 aromatic rings. The molecule has 1 saturated heterocycles. The van der Waals surface area contributed by atoms with Crippen LogP contribution in [0.15, 0.2) is 9.42 Å². The normalized spacial score (nSPS) is 25.0. The van der Waals surface area contributed by atoms with E-state index in [4.69, 9.17) is 16.1 Å². The Labute approximate surface area is 149 Å². The predicted octanol–water partition coefficient (Wildman–Crippen LogP) is 0.925. The summed E-state index contributed by atoms with van der Waals surface area (Å²) in [4.78, 5) is 4.23. The second kappa shape index (κ2) is 5.50. The fourth-order valence-corrected chi connectivity index (χ4v) is 5.30. The zero-order valence-electron chi connectivity index (χ0n) is 13.8. The average molecular weight is 388 g/mol. The number of hydrogen-bond acceptors (Lipinski definition) is 7. The summed E-state index contributed by atoms with van der Waals surface area (Å²) in [5.41, 5.74) is -1.17. The maximum absolute atomic E-state index is 12.9. The van der Waals surface area contributed by atoms with Crippen LogP contribution >= 0.6 is 11.6 Å². The molecule has 9 nitrogen and oxygen atoms in total. The Bertz CT molecular complexity index is 935. The largest absolute Gasteiger partial charge is 0.379 e. The van der Waals surface area contributed by atoms with E-state index < -0.39 is 15.6 Å². The summed E-state index contributed by atoms with van der Waals surface area (Å²) in [6.45, 7) is 1.55. The Balaban J connectivity index is 1.62. The lowest BCUT2D eigenvalue weighted by Crippen LogP contribution is -2.35. The lowest BCUT2D eigenvalue weighted by molar-refractivity contribution is 0.0194. The van der Waals surface area contributed by atoms with Gasteiger partial charge in [-0.1, -0.05) is 16.8 Å². The number of halogens is 1. The summed E-state index contributed by atoms with van der Waals surface area (Å²) in [6.07, 6.45) is 2.20. The van der Waals surface area contributed by atoms with Crippen LogP contribution in [0.2, 0.25) is 5.15 Å². The number of sulfonamides is 1. The van der Waals surface area contributed by atoms with Gasteiger partial charge < -0.3 is 9.63 Å². The molecule has 1 N–H and O–H groups in total. The first-order chi connectivity index (χ1) is 11.7. The van der Waals surface area contributed by atoms with Gasteiger partial charge in [0.15, 0.2) is 11.4 Å². The third-order valence-corrected chi connectivity index (χ3v) is 7.23. The van der Waals surface area contributed by atoms with Gasteiger partial charge in [-0.05, 0) is 19.8 Å². The van der Waals surface area contributed by atoms with Gasteiger partial charge >= 0.3 is 0 Å². The molecule has 3 heterocycles. The Morgan fingerprint density at radius 2 is 2.12 bits per heavy atom. The van der Waals surface area contributed by atoms with Gasteiger partial charge in [-0.15, -0.1) is 0 Å². The zero-order chi connectivity index (χ0) is 18.0. The van der Waals surface area contributed by atoms with Crippen molar-refractivity contribution in [3.05, 3.63) is 22.6 Å². The molecule has 25 heavy (non-hydrogen) atoms. The molecule has 2 aliphatic rings. The summed E-state index contributed by atoms with van der Waals surface area (Å²) < 4.78 is 33.6. The van der Waals surface area contributed by atoms with Gasteiger partial charge in [-0.2, -0.15) is 14.4 Å². The number of aryl methyl sites for hydroxylation is 2. The molecule has 0 spiro atoms. The monoisotopic (exact) mass is 387 g/mol. The number of hydrogen-bond donors (Lipinski definition) is 1. The smallest absolute Gasteiger partial charge is 0.260 e. The molecule has 1 saturated carbocycles. The molecule has 136 valence electrons. The van der Waals surface area contributed by atoms with Crippen molar-refractivity contribution in [2.75, 3.05) is 13.1 Å². The van der Waals surface area contributed by atoms with Gasteiger partial charge in [0, 0.05) is 25.9 Å². The summed E-state index contributed by atoms with van der Waals surface area (Å²) in [5.74, 6) is 0.941. The average Bonchev–Trinajstić information content (AvgIpc) is 3.00. The number of nitrogens with zero attached hydrogens (tertiary/aromatic N) is 5. The van der Waals surface area contributed by atoms with Crippen molar-refractivity contribution in [2.24, 2.45) is 7.05 Å². The third kappa shape index (κ3) is 2.67. The first-order valence-electron chi connectivity index (χ1n) is 7.98. The van der Waals surface area contributed by atoms with Crippen molar-refractivity contribution in [1.82, 2.24) is 24.2 Å². The fourth-order valence-electron chi connectivity index (χ4n) is 3.10. The number of aromatic nitrogens is 4. The van der Waals surface area contributed by atoms with Crippen molar-refractivity contribution in [3.8, 4) is 0 Å². The highest BCUT2D eigenvalue weighted by Gasteiger charge is 2.48. The molecule has 0 radical (unpaired) electrons. The summed E-state index contributed by atoms with van der Waals surface area (Å²) in [7, 11) is -2.31. The van der Waals surface area contributed by atoms with E-state index in [1.165, 1.54) is 8.99 Å². The van der Waals surface area contributed by atoms with Gasteiger partial charge in [0.05, 0.1) is 12.2 Å². The first kappa shape index (κ1) is 17.0. The number of aliphatic hydroxyl groups is 1. The van der Waals surface area contributed by atoms with E-state index in [1.54, 1.807) is 14.0 Å². The minimum atomic E-state index is -3.89. The Kier molecular flexibility index (Phi) is 3.73. The van der Waals surface area contributed by atoms with Gasteiger partial charge in [0.2, 0.25) is 10.0 Å². The topological polar surface area (TPSA) is 114 Å². The van der Waals surface area contributed by atoms with Crippen LogP contribution in [-0.4, -0.2) is 50.8 Å². The van der Waals surface area contributed by atoms with Crippen molar-refractivity contribution >= 4 is 21.6 Å². The van der Waals surface area contributed by atoms with Crippen LogP contribution in [0.5, 0.6) is 0 Å². The molecule has 0 bridgehead atoms. The highest BCUT2D eigenvalue weighted by Crippen LogP contribution is 2.41. The number of rotatable bonds is 4. The van der Waals surface area contributed by atoms with Crippen LogP contribution in [0.25, 0.3) is 0 Å². The molecule has 2 aromatic heterocycles. The van der Waals surface area contributed by atoms with Crippen molar-refractivity contribution in [2.45, 2.75) is 42.6 Å². The van der Waals surface area contributed by atoms with E-state index in [1.807, 2.05) is 0 Å². The predicted molar refractivity (Wildman–Crippen MR) is 86.5 cm³/mol. The first-order valence-corrected chi connectivity index (χ1v) is 9.80. The van der Waals surface area contributed by atoms with Crippen LogP contribution in [0.4, 0.5) is 0 Å². The zero-order valence-corrected chi connectivity index (χ0v) is 15.4.